The van der Waals surface area contributed by atoms with Crippen LogP contribution in [-0.4, -0.2) is 49.0 Å². The highest BCUT2D eigenvalue weighted by atomic mass is 16.5. The number of aliphatic hydroxyl groups is 1. The molecular formula is C9H19NO2. The lowest BCUT2D eigenvalue weighted by Gasteiger charge is -2.44. The minimum Gasteiger partial charge on any atom is -0.388 e. The number of hydrogen-bond donors (Lipinski definition) is 1. The molecule has 1 rings (SSSR count). The third-order valence-corrected chi connectivity index (χ3v) is 2.20. The van der Waals surface area contributed by atoms with Gasteiger partial charge in [-0.1, -0.05) is 0 Å². The predicted octanol–water partition coefficient (Wildman–Crippen LogP) is 0.480. The highest BCUT2D eigenvalue weighted by Crippen LogP contribution is 2.19. The van der Waals surface area contributed by atoms with Crippen LogP contribution in [0.3, 0.4) is 0 Å². The van der Waals surface area contributed by atoms with E-state index in [0.29, 0.717) is 0 Å². The average Bonchev–Trinajstić information content (AvgIpc) is 1.94. The fourth-order valence-corrected chi connectivity index (χ4v) is 1.66. The molecule has 3 heteroatoms. The van der Waals surface area contributed by atoms with Crippen molar-refractivity contribution in [2.75, 3.05) is 33.4 Å². The normalized spacial score (nSPS) is 22.2. The van der Waals surface area contributed by atoms with Gasteiger partial charge in [0, 0.05) is 26.8 Å². The lowest BCUT2D eigenvalue weighted by Crippen LogP contribution is -2.59. The van der Waals surface area contributed by atoms with Gasteiger partial charge in [-0.05, 0) is 26.3 Å². The van der Waals surface area contributed by atoms with Crippen molar-refractivity contribution < 1.29 is 9.84 Å². The van der Waals surface area contributed by atoms with Gasteiger partial charge in [0.2, 0.25) is 0 Å². The Labute approximate surface area is 74.3 Å². The Morgan fingerprint density at radius 1 is 1.42 bits per heavy atom. The summed E-state index contributed by atoms with van der Waals surface area (Å²) in [5, 5.41) is 9.42. The van der Waals surface area contributed by atoms with Gasteiger partial charge in [-0.15, -0.1) is 0 Å². The van der Waals surface area contributed by atoms with E-state index in [1.165, 1.54) is 6.42 Å². The Morgan fingerprint density at radius 2 is 2.08 bits per heavy atom. The quantitative estimate of drug-likeness (QED) is 0.614. The van der Waals surface area contributed by atoms with Crippen molar-refractivity contribution >= 4 is 0 Å². The lowest BCUT2D eigenvalue weighted by atomic mass is 9.97. The highest BCUT2D eigenvalue weighted by Gasteiger charge is 2.35. The zero-order valence-corrected chi connectivity index (χ0v) is 8.05. The molecule has 3 nitrogen and oxygen atoms in total. The molecule has 0 bridgehead atoms. The second-order valence-corrected chi connectivity index (χ2v) is 3.91. The molecule has 0 unspecified atom stereocenters. The van der Waals surface area contributed by atoms with Crippen LogP contribution >= 0.6 is 0 Å². The summed E-state index contributed by atoms with van der Waals surface area (Å²) >= 11 is 0. The Balaban J connectivity index is 1.90. The average molecular weight is 173 g/mol. The van der Waals surface area contributed by atoms with Crippen LogP contribution in [0.1, 0.15) is 19.8 Å². The monoisotopic (exact) mass is 173 g/mol. The van der Waals surface area contributed by atoms with E-state index >= 15 is 0 Å². The van der Waals surface area contributed by atoms with Crippen LogP contribution in [0.15, 0.2) is 0 Å². The fourth-order valence-electron chi connectivity index (χ4n) is 1.66. The van der Waals surface area contributed by atoms with Crippen molar-refractivity contribution in [1.29, 1.82) is 0 Å². The van der Waals surface area contributed by atoms with Crippen LogP contribution in [0.4, 0.5) is 0 Å². The van der Waals surface area contributed by atoms with E-state index < -0.39 is 5.60 Å². The molecule has 0 aliphatic carbocycles. The van der Waals surface area contributed by atoms with Crippen molar-refractivity contribution in [3.63, 3.8) is 0 Å². The number of β-amino-alcohol motifs (C(OH)–C–C–N with tert-alkyl or cyclic N) is 1. The maximum Gasteiger partial charge on any atom is 0.0872 e. The first-order valence-electron chi connectivity index (χ1n) is 4.58. The van der Waals surface area contributed by atoms with Gasteiger partial charge in [-0.25, -0.2) is 0 Å². The summed E-state index contributed by atoms with van der Waals surface area (Å²) in [7, 11) is 1.73. The highest BCUT2D eigenvalue weighted by molar-refractivity contribution is 4.90. The summed E-state index contributed by atoms with van der Waals surface area (Å²) in [6.07, 6.45) is 2.29. The molecule has 1 saturated heterocycles. The van der Waals surface area contributed by atoms with E-state index in [0.717, 1.165) is 32.7 Å². The smallest absolute Gasteiger partial charge is 0.0872 e. The van der Waals surface area contributed by atoms with E-state index in [4.69, 9.17) is 4.74 Å². The maximum absolute atomic E-state index is 9.42. The third-order valence-electron chi connectivity index (χ3n) is 2.20. The molecule has 0 atom stereocenters. The molecule has 0 aromatic carbocycles. The number of unbranched alkanes of at least 4 members (excludes halogenated alkanes) is 1. The first kappa shape index (κ1) is 9.96. The Hall–Kier alpha value is -0.120. The minimum absolute atomic E-state index is 0.415. The number of rotatable bonds is 5. The first-order valence-corrected chi connectivity index (χ1v) is 4.58. The Bertz CT molecular complexity index is 128. The molecule has 1 N–H and O–H groups in total. The summed E-state index contributed by atoms with van der Waals surface area (Å²) < 4.78 is 4.95. The van der Waals surface area contributed by atoms with Crippen LogP contribution in [0, 0.1) is 0 Å². The summed E-state index contributed by atoms with van der Waals surface area (Å²) in [5.41, 5.74) is -0.415. The number of methoxy groups -OCH3 is 1. The van der Waals surface area contributed by atoms with Gasteiger partial charge >= 0.3 is 0 Å². The molecule has 0 aromatic rings. The number of nitrogens with zero attached hydrogens (tertiary/aromatic N) is 1. The third kappa shape index (κ3) is 3.09. The standard InChI is InChI=1S/C9H19NO2/c1-9(11)7-10(8-9)5-3-4-6-12-2/h11H,3-8H2,1-2H3. The molecule has 0 amide bonds. The summed E-state index contributed by atoms with van der Waals surface area (Å²) in [6, 6.07) is 0. The molecule has 0 aromatic heterocycles. The number of hydrogen-bond acceptors (Lipinski definition) is 3. The Kier molecular flexibility index (Phi) is 3.50. The number of ether oxygens (including phenoxy) is 1. The van der Waals surface area contributed by atoms with E-state index in [1.807, 2.05) is 6.92 Å². The molecule has 1 fully saturated rings. The fraction of sp³-hybridized carbons (Fsp3) is 1.00. The molecule has 1 aliphatic rings. The van der Waals surface area contributed by atoms with Gasteiger partial charge in [-0.3, -0.25) is 4.90 Å². The van der Waals surface area contributed by atoms with Crippen molar-refractivity contribution in [3.8, 4) is 0 Å². The molecule has 0 spiro atoms. The molecule has 0 radical (unpaired) electrons. The molecule has 1 heterocycles. The van der Waals surface area contributed by atoms with Gasteiger partial charge in [0.15, 0.2) is 0 Å². The second-order valence-electron chi connectivity index (χ2n) is 3.91. The van der Waals surface area contributed by atoms with E-state index in [2.05, 4.69) is 4.90 Å². The van der Waals surface area contributed by atoms with E-state index in [1.54, 1.807) is 7.11 Å². The molecule has 72 valence electrons. The molecule has 1 aliphatic heterocycles. The largest absolute Gasteiger partial charge is 0.388 e. The van der Waals surface area contributed by atoms with Gasteiger partial charge < -0.3 is 9.84 Å². The van der Waals surface area contributed by atoms with Gasteiger partial charge in [0.25, 0.3) is 0 Å². The van der Waals surface area contributed by atoms with Crippen LogP contribution < -0.4 is 0 Å². The summed E-state index contributed by atoms with van der Waals surface area (Å²) in [6.45, 7) is 5.50. The number of likely N-dealkylation sites (tertiary alicyclic amines) is 1. The molecule has 12 heavy (non-hydrogen) atoms. The summed E-state index contributed by atoms with van der Waals surface area (Å²) in [5.74, 6) is 0. The first-order chi connectivity index (χ1) is 5.64. The Morgan fingerprint density at radius 3 is 2.58 bits per heavy atom. The van der Waals surface area contributed by atoms with Crippen LogP contribution in [0.2, 0.25) is 0 Å². The van der Waals surface area contributed by atoms with Crippen molar-refractivity contribution in [1.82, 2.24) is 4.90 Å². The van der Waals surface area contributed by atoms with E-state index in [-0.39, 0.29) is 0 Å². The van der Waals surface area contributed by atoms with Crippen molar-refractivity contribution in [2.24, 2.45) is 0 Å². The predicted molar refractivity (Wildman–Crippen MR) is 48.2 cm³/mol. The van der Waals surface area contributed by atoms with Gasteiger partial charge in [0.1, 0.15) is 0 Å². The SMILES string of the molecule is COCCCCN1CC(C)(O)C1. The zero-order chi connectivity index (χ0) is 9.03. The van der Waals surface area contributed by atoms with Crippen molar-refractivity contribution in [3.05, 3.63) is 0 Å². The van der Waals surface area contributed by atoms with Crippen LogP contribution in [0.25, 0.3) is 0 Å². The molecule has 0 saturated carbocycles. The van der Waals surface area contributed by atoms with Gasteiger partial charge in [0.05, 0.1) is 5.60 Å². The second kappa shape index (κ2) is 4.21. The molecular weight excluding hydrogens is 154 g/mol. The van der Waals surface area contributed by atoms with Crippen molar-refractivity contribution in [2.45, 2.75) is 25.4 Å². The minimum atomic E-state index is -0.415. The topological polar surface area (TPSA) is 32.7 Å². The maximum atomic E-state index is 9.42. The van der Waals surface area contributed by atoms with Crippen LogP contribution in [-0.2, 0) is 4.74 Å². The summed E-state index contributed by atoms with van der Waals surface area (Å²) in [4.78, 5) is 2.27. The lowest BCUT2D eigenvalue weighted by molar-refractivity contribution is -0.0836. The zero-order valence-electron chi connectivity index (χ0n) is 8.05. The van der Waals surface area contributed by atoms with E-state index in [9.17, 15) is 5.11 Å². The van der Waals surface area contributed by atoms with Crippen LogP contribution in [0.5, 0.6) is 0 Å². The van der Waals surface area contributed by atoms with Gasteiger partial charge in [-0.2, -0.15) is 0 Å².